The average Bonchev–Trinajstić information content (AvgIpc) is 2.79. The van der Waals surface area contributed by atoms with Gasteiger partial charge in [-0.05, 0) is 36.8 Å². The van der Waals surface area contributed by atoms with E-state index in [2.05, 4.69) is 41.8 Å². The van der Waals surface area contributed by atoms with Gasteiger partial charge in [-0.25, -0.2) is 9.97 Å². The van der Waals surface area contributed by atoms with E-state index in [-0.39, 0.29) is 0 Å². The van der Waals surface area contributed by atoms with E-state index in [1.54, 1.807) is 0 Å². The van der Waals surface area contributed by atoms with Crippen LogP contribution in [0.1, 0.15) is 50.4 Å². The van der Waals surface area contributed by atoms with E-state index in [1.165, 1.54) is 24.8 Å². The van der Waals surface area contributed by atoms with Gasteiger partial charge in [0, 0.05) is 12.1 Å². The zero-order valence-electron chi connectivity index (χ0n) is 10.7. The molecule has 3 rings (SSSR count). The van der Waals surface area contributed by atoms with Crippen LogP contribution in [0.25, 0.3) is 11.2 Å². The molecule has 3 heteroatoms. The molecule has 0 saturated heterocycles. The zero-order chi connectivity index (χ0) is 12.0. The fourth-order valence-corrected chi connectivity index (χ4v) is 3.02. The Hall–Kier alpha value is -1.38. The molecule has 1 aliphatic carbocycles. The van der Waals surface area contributed by atoms with Gasteiger partial charge in [0.2, 0.25) is 0 Å². The zero-order valence-corrected chi connectivity index (χ0v) is 10.7. The van der Waals surface area contributed by atoms with Gasteiger partial charge in [0.1, 0.15) is 5.82 Å². The highest BCUT2D eigenvalue weighted by atomic mass is 15.0. The third kappa shape index (κ3) is 1.74. The molecule has 90 valence electrons. The van der Waals surface area contributed by atoms with Crippen LogP contribution in [0.3, 0.4) is 0 Å². The van der Waals surface area contributed by atoms with Crippen molar-refractivity contribution in [3.05, 3.63) is 23.7 Å². The summed E-state index contributed by atoms with van der Waals surface area (Å²) in [6.45, 7) is 6.75. The Kier molecular flexibility index (Phi) is 2.25. The van der Waals surface area contributed by atoms with Crippen molar-refractivity contribution in [1.82, 2.24) is 15.0 Å². The minimum atomic E-state index is 0.364. The molecule has 0 amide bonds. The van der Waals surface area contributed by atoms with Gasteiger partial charge in [-0.2, -0.15) is 0 Å². The fourth-order valence-electron chi connectivity index (χ4n) is 3.02. The number of imidazole rings is 1. The minimum absolute atomic E-state index is 0.364. The van der Waals surface area contributed by atoms with Crippen molar-refractivity contribution in [2.75, 3.05) is 0 Å². The summed E-state index contributed by atoms with van der Waals surface area (Å²) >= 11 is 0. The van der Waals surface area contributed by atoms with E-state index >= 15 is 0 Å². The van der Waals surface area contributed by atoms with Crippen molar-refractivity contribution in [1.29, 1.82) is 0 Å². The number of H-pyrrole nitrogens is 1. The molecule has 1 N–H and O–H groups in total. The number of aryl methyl sites for hydroxylation is 1. The van der Waals surface area contributed by atoms with Crippen molar-refractivity contribution in [2.24, 2.45) is 5.41 Å². The van der Waals surface area contributed by atoms with Crippen molar-refractivity contribution in [2.45, 2.75) is 46.0 Å². The highest BCUT2D eigenvalue weighted by molar-refractivity contribution is 5.71. The number of nitrogens with zero attached hydrogens (tertiary/aromatic N) is 2. The van der Waals surface area contributed by atoms with Crippen LogP contribution in [0.4, 0.5) is 0 Å². The number of hydrogen-bond donors (Lipinski definition) is 1. The molecule has 2 aromatic rings. The quantitative estimate of drug-likeness (QED) is 0.812. The van der Waals surface area contributed by atoms with Gasteiger partial charge in [0.25, 0.3) is 0 Å². The Morgan fingerprint density at radius 2 is 2.24 bits per heavy atom. The first-order chi connectivity index (χ1) is 8.06. The molecule has 0 aromatic carbocycles. The van der Waals surface area contributed by atoms with Gasteiger partial charge in [0.05, 0.1) is 5.52 Å². The Morgan fingerprint density at radius 1 is 1.41 bits per heavy atom. The lowest BCUT2D eigenvalue weighted by Gasteiger charge is -2.24. The maximum absolute atomic E-state index is 4.66. The normalized spacial score (nSPS) is 23.4. The number of nitrogens with one attached hydrogen (secondary N) is 1. The summed E-state index contributed by atoms with van der Waals surface area (Å²) in [7, 11) is 0. The van der Waals surface area contributed by atoms with Crippen molar-refractivity contribution in [3.8, 4) is 0 Å². The molecule has 2 heterocycles. The standard InChI is InChI=1S/C14H19N3/c1-9-7-11-13(15-8-9)17-12(16-11)10-5-4-6-14(10,2)3/h7-8,10H,4-6H2,1-3H3,(H,15,16,17). The Labute approximate surface area is 102 Å². The summed E-state index contributed by atoms with van der Waals surface area (Å²) in [4.78, 5) is 12.5. The lowest BCUT2D eigenvalue weighted by Crippen LogP contribution is -2.16. The highest BCUT2D eigenvalue weighted by Gasteiger charge is 2.37. The van der Waals surface area contributed by atoms with E-state index in [1.807, 2.05) is 6.20 Å². The fraction of sp³-hybridized carbons (Fsp3) is 0.571. The first-order valence-corrected chi connectivity index (χ1v) is 6.38. The summed E-state index contributed by atoms with van der Waals surface area (Å²) in [5, 5.41) is 0. The monoisotopic (exact) mass is 229 g/mol. The second kappa shape index (κ2) is 3.56. The number of rotatable bonds is 1. The van der Waals surface area contributed by atoms with Crippen LogP contribution in [0.5, 0.6) is 0 Å². The molecule has 0 radical (unpaired) electrons. The SMILES string of the molecule is Cc1cnc2nc(C3CCCC3(C)C)[nH]c2c1. The summed E-state index contributed by atoms with van der Waals surface area (Å²) in [5.41, 5.74) is 3.47. The van der Waals surface area contributed by atoms with Gasteiger partial charge in [-0.1, -0.05) is 20.3 Å². The molecular weight excluding hydrogens is 210 g/mol. The lowest BCUT2D eigenvalue weighted by molar-refractivity contribution is 0.323. The van der Waals surface area contributed by atoms with Crippen molar-refractivity contribution in [3.63, 3.8) is 0 Å². The predicted octanol–water partition coefficient (Wildman–Crippen LogP) is 3.56. The van der Waals surface area contributed by atoms with Crippen LogP contribution < -0.4 is 0 Å². The van der Waals surface area contributed by atoms with Crippen LogP contribution in [0, 0.1) is 12.3 Å². The van der Waals surface area contributed by atoms with Crippen LogP contribution in [-0.2, 0) is 0 Å². The number of aromatic nitrogens is 3. The smallest absolute Gasteiger partial charge is 0.177 e. The van der Waals surface area contributed by atoms with Crippen LogP contribution in [-0.4, -0.2) is 15.0 Å². The van der Waals surface area contributed by atoms with E-state index in [4.69, 9.17) is 0 Å². The maximum atomic E-state index is 4.66. The first-order valence-electron chi connectivity index (χ1n) is 6.38. The van der Waals surface area contributed by atoms with Crippen molar-refractivity contribution >= 4 is 11.2 Å². The number of fused-ring (bicyclic) bond motifs is 1. The molecule has 17 heavy (non-hydrogen) atoms. The van der Waals surface area contributed by atoms with Gasteiger partial charge in [-0.15, -0.1) is 0 Å². The number of hydrogen-bond acceptors (Lipinski definition) is 2. The predicted molar refractivity (Wildman–Crippen MR) is 69.0 cm³/mol. The Bertz CT molecular complexity index is 554. The number of pyridine rings is 1. The van der Waals surface area contributed by atoms with Crippen LogP contribution in [0.2, 0.25) is 0 Å². The van der Waals surface area contributed by atoms with Gasteiger partial charge in [-0.3, -0.25) is 0 Å². The van der Waals surface area contributed by atoms with Gasteiger partial charge >= 0.3 is 0 Å². The summed E-state index contributed by atoms with van der Waals surface area (Å²) in [6, 6.07) is 2.13. The molecule has 0 spiro atoms. The molecule has 1 saturated carbocycles. The maximum Gasteiger partial charge on any atom is 0.177 e. The van der Waals surface area contributed by atoms with E-state index in [0.717, 1.165) is 17.0 Å². The largest absolute Gasteiger partial charge is 0.340 e. The molecule has 1 unspecified atom stereocenters. The molecule has 1 atom stereocenters. The Morgan fingerprint density at radius 3 is 2.94 bits per heavy atom. The van der Waals surface area contributed by atoms with Crippen LogP contribution >= 0.6 is 0 Å². The van der Waals surface area contributed by atoms with E-state index in [9.17, 15) is 0 Å². The molecule has 0 aliphatic heterocycles. The Balaban J connectivity index is 2.06. The molecule has 1 fully saturated rings. The second-order valence-electron chi connectivity index (χ2n) is 5.94. The topological polar surface area (TPSA) is 41.6 Å². The molecule has 0 bridgehead atoms. The summed E-state index contributed by atoms with van der Waals surface area (Å²) in [6.07, 6.45) is 5.72. The second-order valence-corrected chi connectivity index (χ2v) is 5.94. The third-order valence-corrected chi connectivity index (χ3v) is 4.08. The number of aromatic amines is 1. The van der Waals surface area contributed by atoms with Crippen LogP contribution in [0.15, 0.2) is 12.3 Å². The van der Waals surface area contributed by atoms with Gasteiger partial charge < -0.3 is 4.98 Å². The minimum Gasteiger partial charge on any atom is -0.340 e. The molecule has 3 nitrogen and oxygen atoms in total. The first kappa shape index (κ1) is 10.8. The lowest BCUT2D eigenvalue weighted by atomic mass is 9.81. The third-order valence-electron chi connectivity index (χ3n) is 4.08. The molecule has 2 aromatic heterocycles. The van der Waals surface area contributed by atoms with Crippen molar-refractivity contribution < 1.29 is 0 Å². The molecule has 1 aliphatic rings. The highest BCUT2D eigenvalue weighted by Crippen LogP contribution is 2.47. The van der Waals surface area contributed by atoms with E-state index in [0.29, 0.717) is 11.3 Å². The van der Waals surface area contributed by atoms with E-state index < -0.39 is 0 Å². The molecular formula is C14H19N3. The summed E-state index contributed by atoms with van der Waals surface area (Å²) < 4.78 is 0. The summed E-state index contributed by atoms with van der Waals surface area (Å²) in [5.74, 6) is 1.68. The van der Waals surface area contributed by atoms with Gasteiger partial charge in [0.15, 0.2) is 5.65 Å². The average molecular weight is 229 g/mol.